The summed E-state index contributed by atoms with van der Waals surface area (Å²) >= 11 is 0. The van der Waals surface area contributed by atoms with E-state index in [9.17, 15) is 9.59 Å². The highest BCUT2D eigenvalue weighted by Gasteiger charge is 2.21. The second kappa shape index (κ2) is 6.91. The van der Waals surface area contributed by atoms with Gasteiger partial charge < -0.3 is 16.0 Å². The van der Waals surface area contributed by atoms with Crippen LogP contribution in [0.4, 0.5) is 5.69 Å². The Hall–Kier alpha value is -2.32. The van der Waals surface area contributed by atoms with Gasteiger partial charge in [0.15, 0.2) is 0 Å². The fraction of sp³-hybridized carbons (Fsp3) is 0.375. The molecule has 1 aromatic rings. The van der Waals surface area contributed by atoms with Crippen LogP contribution < -0.4 is 16.0 Å². The number of hydrogen-bond donors (Lipinski definition) is 2. The minimum absolute atomic E-state index is 0.163. The van der Waals surface area contributed by atoms with Crippen LogP contribution in [0.5, 0.6) is 0 Å². The molecule has 1 fully saturated rings. The van der Waals surface area contributed by atoms with Crippen molar-refractivity contribution >= 4 is 17.5 Å². The van der Waals surface area contributed by atoms with E-state index in [1.54, 1.807) is 4.90 Å². The Morgan fingerprint density at radius 3 is 2.71 bits per heavy atom. The third kappa shape index (κ3) is 3.83. The second-order valence-corrected chi connectivity index (χ2v) is 5.05. The summed E-state index contributed by atoms with van der Waals surface area (Å²) in [5, 5.41) is 2.74. The van der Waals surface area contributed by atoms with E-state index in [1.807, 2.05) is 24.3 Å². The van der Waals surface area contributed by atoms with E-state index < -0.39 is 6.04 Å². The van der Waals surface area contributed by atoms with E-state index in [1.165, 1.54) is 0 Å². The highest BCUT2D eigenvalue weighted by molar-refractivity contribution is 5.95. The summed E-state index contributed by atoms with van der Waals surface area (Å²) < 4.78 is 0. The van der Waals surface area contributed by atoms with Crippen LogP contribution in [0.3, 0.4) is 0 Å². The molecule has 0 spiro atoms. The Balaban J connectivity index is 1.89. The Bertz CT molecular complexity index is 560. The van der Waals surface area contributed by atoms with Crippen LogP contribution >= 0.6 is 0 Å². The van der Waals surface area contributed by atoms with E-state index in [2.05, 4.69) is 11.2 Å². The molecule has 0 aromatic heterocycles. The average Bonchev–Trinajstić information content (AvgIpc) is 2.91. The number of terminal acetylenes is 1. The molecule has 1 saturated heterocycles. The molecule has 21 heavy (non-hydrogen) atoms. The van der Waals surface area contributed by atoms with Gasteiger partial charge in [-0.2, -0.15) is 0 Å². The first-order chi connectivity index (χ1) is 10.1. The van der Waals surface area contributed by atoms with Crippen LogP contribution in [0.15, 0.2) is 24.3 Å². The minimum atomic E-state index is -0.670. The molecule has 0 radical (unpaired) electrons. The number of nitrogens with one attached hydrogen (secondary N) is 1. The molecular formula is C16H19N3O2. The maximum atomic E-state index is 11.7. The Morgan fingerprint density at radius 2 is 2.14 bits per heavy atom. The summed E-state index contributed by atoms with van der Waals surface area (Å²) in [6.07, 6.45) is 6.87. The number of hydrogen-bond acceptors (Lipinski definition) is 3. The van der Waals surface area contributed by atoms with Gasteiger partial charge in [-0.05, 0) is 24.1 Å². The van der Waals surface area contributed by atoms with Gasteiger partial charge in [0.2, 0.25) is 11.8 Å². The zero-order valence-corrected chi connectivity index (χ0v) is 11.8. The van der Waals surface area contributed by atoms with Crippen LogP contribution in [0.1, 0.15) is 24.8 Å². The maximum absolute atomic E-state index is 11.7. The fourth-order valence-corrected chi connectivity index (χ4v) is 2.25. The summed E-state index contributed by atoms with van der Waals surface area (Å²) in [5.41, 5.74) is 7.47. The first-order valence-corrected chi connectivity index (χ1v) is 6.98. The van der Waals surface area contributed by atoms with Gasteiger partial charge in [0, 0.05) is 31.6 Å². The SMILES string of the molecule is C#CCC(N)C(=O)NCc1ccc(N2CCCC2=O)cc1. The maximum Gasteiger partial charge on any atom is 0.238 e. The van der Waals surface area contributed by atoms with Crippen LogP contribution in [0, 0.1) is 12.3 Å². The quantitative estimate of drug-likeness (QED) is 0.785. The number of nitrogens with two attached hydrogens (primary N) is 1. The van der Waals surface area contributed by atoms with Crippen molar-refractivity contribution in [1.82, 2.24) is 5.32 Å². The zero-order chi connectivity index (χ0) is 15.2. The summed E-state index contributed by atoms with van der Waals surface area (Å²) in [5.74, 6) is 2.27. The molecule has 1 aliphatic heterocycles. The molecule has 0 aliphatic carbocycles. The molecule has 1 heterocycles. The normalized spacial score (nSPS) is 15.6. The van der Waals surface area contributed by atoms with Crippen molar-refractivity contribution in [2.24, 2.45) is 5.73 Å². The highest BCUT2D eigenvalue weighted by Crippen LogP contribution is 2.21. The predicted octanol–water partition coefficient (Wildman–Crippen LogP) is 0.780. The van der Waals surface area contributed by atoms with Gasteiger partial charge in [0.05, 0.1) is 6.04 Å². The molecule has 0 bridgehead atoms. The van der Waals surface area contributed by atoms with Crippen molar-refractivity contribution in [2.45, 2.75) is 31.8 Å². The summed E-state index contributed by atoms with van der Waals surface area (Å²) in [4.78, 5) is 25.1. The third-order valence-corrected chi connectivity index (χ3v) is 3.46. The molecule has 110 valence electrons. The fourth-order valence-electron chi connectivity index (χ4n) is 2.25. The highest BCUT2D eigenvalue weighted by atomic mass is 16.2. The lowest BCUT2D eigenvalue weighted by Gasteiger charge is -2.16. The van der Waals surface area contributed by atoms with Gasteiger partial charge >= 0.3 is 0 Å². The molecule has 5 heteroatoms. The lowest BCUT2D eigenvalue weighted by atomic mass is 10.1. The summed E-state index contributed by atoms with van der Waals surface area (Å²) in [6, 6.07) is 6.91. The zero-order valence-electron chi connectivity index (χ0n) is 11.8. The Morgan fingerprint density at radius 1 is 1.43 bits per heavy atom. The number of rotatable bonds is 5. The monoisotopic (exact) mass is 285 g/mol. The molecule has 1 unspecified atom stereocenters. The molecule has 0 saturated carbocycles. The molecule has 1 atom stereocenters. The van der Waals surface area contributed by atoms with Crippen LogP contribution in [-0.4, -0.2) is 24.4 Å². The Labute approximate surface area is 124 Å². The molecule has 5 nitrogen and oxygen atoms in total. The van der Waals surface area contributed by atoms with Crippen LogP contribution in [-0.2, 0) is 16.1 Å². The van der Waals surface area contributed by atoms with Crippen LogP contribution in [0.2, 0.25) is 0 Å². The number of anilines is 1. The van der Waals surface area contributed by atoms with Gasteiger partial charge in [-0.15, -0.1) is 12.3 Å². The van der Waals surface area contributed by atoms with Crippen molar-refractivity contribution in [1.29, 1.82) is 0 Å². The number of carbonyl (C=O) groups is 2. The van der Waals surface area contributed by atoms with Gasteiger partial charge in [-0.25, -0.2) is 0 Å². The average molecular weight is 285 g/mol. The molecule has 1 aliphatic rings. The van der Waals surface area contributed by atoms with E-state index in [-0.39, 0.29) is 18.2 Å². The number of benzene rings is 1. The van der Waals surface area contributed by atoms with Crippen LogP contribution in [0.25, 0.3) is 0 Å². The second-order valence-electron chi connectivity index (χ2n) is 5.05. The molecule has 2 amide bonds. The smallest absolute Gasteiger partial charge is 0.238 e. The van der Waals surface area contributed by atoms with Crippen molar-refractivity contribution in [3.63, 3.8) is 0 Å². The Kier molecular flexibility index (Phi) is 4.96. The molecule has 2 rings (SSSR count). The lowest BCUT2D eigenvalue weighted by Crippen LogP contribution is -2.39. The number of amides is 2. The largest absolute Gasteiger partial charge is 0.351 e. The number of carbonyl (C=O) groups excluding carboxylic acids is 2. The van der Waals surface area contributed by atoms with Gasteiger partial charge in [0.25, 0.3) is 0 Å². The molecule has 3 N–H and O–H groups in total. The third-order valence-electron chi connectivity index (χ3n) is 3.46. The van der Waals surface area contributed by atoms with E-state index in [0.29, 0.717) is 13.0 Å². The first kappa shape index (κ1) is 15.1. The van der Waals surface area contributed by atoms with Crippen molar-refractivity contribution < 1.29 is 9.59 Å². The van der Waals surface area contributed by atoms with Gasteiger partial charge in [0.1, 0.15) is 0 Å². The van der Waals surface area contributed by atoms with E-state index >= 15 is 0 Å². The number of nitrogens with zero attached hydrogens (tertiary/aromatic N) is 1. The van der Waals surface area contributed by atoms with Gasteiger partial charge in [-0.1, -0.05) is 12.1 Å². The van der Waals surface area contributed by atoms with E-state index in [0.717, 1.165) is 24.2 Å². The van der Waals surface area contributed by atoms with Crippen molar-refractivity contribution in [3.05, 3.63) is 29.8 Å². The lowest BCUT2D eigenvalue weighted by molar-refractivity contribution is -0.122. The topological polar surface area (TPSA) is 75.4 Å². The summed E-state index contributed by atoms with van der Waals surface area (Å²) in [6.45, 7) is 1.17. The van der Waals surface area contributed by atoms with Crippen molar-refractivity contribution in [3.8, 4) is 12.3 Å². The van der Waals surface area contributed by atoms with E-state index in [4.69, 9.17) is 12.2 Å². The predicted molar refractivity (Wildman–Crippen MR) is 81.3 cm³/mol. The van der Waals surface area contributed by atoms with Gasteiger partial charge in [-0.3, -0.25) is 9.59 Å². The minimum Gasteiger partial charge on any atom is -0.351 e. The standard InChI is InChI=1S/C16H19N3O2/c1-2-4-14(17)16(21)18-11-12-6-8-13(9-7-12)19-10-3-5-15(19)20/h1,6-9,14H,3-5,10-11,17H2,(H,18,21). The summed E-state index contributed by atoms with van der Waals surface area (Å²) in [7, 11) is 0. The molecule has 1 aromatic carbocycles. The van der Waals surface area contributed by atoms with Crippen molar-refractivity contribution in [2.75, 3.05) is 11.4 Å². The molecular weight excluding hydrogens is 266 g/mol. The first-order valence-electron chi connectivity index (χ1n) is 6.98.